The minimum atomic E-state index is -5.14. The molecule has 4 aromatic rings. The number of carbonyl (C=O) groups is 1. The molecule has 0 saturated carbocycles. The summed E-state index contributed by atoms with van der Waals surface area (Å²) in [5, 5.41) is 14.8. The molecule has 0 fully saturated rings. The maximum Gasteiger partial charge on any atom is 0.433 e. The standard InChI is InChI=1S/C21H11F6N5O2/c22-20(23,24)16-6-12(7-17(30-16)21(25,26)27)18-29-10-32(31-18)9-15(19(33)34)13-3-1-2-11-4-5-28-8-14(11)13/h1-10H,(H,33,34)/b15-9+. The van der Waals surface area contributed by atoms with E-state index in [2.05, 4.69) is 20.1 Å². The van der Waals surface area contributed by atoms with E-state index in [0.717, 1.165) is 17.2 Å². The van der Waals surface area contributed by atoms with Gasteiger partial charge in [-0.1, -0.05) is 18.2 Å². The van der Waals surface area contributed by atoms with Gasteiger partial charge in [-0.15, -0.1) is 5.10 Å². The zero-order valence-corrected chi connectivity index (χ0v) is 16.6. The molecule has 0 atom stereocenters. The molecule has 0 aliphatic heterocycles. The molecule has 3 heterocycles. The molecule has 0 radical (unpaired) electrons. The summed E-state index contributed by atoms with van der Waals surface area (Å²) < 4.78 is 79.3. The first-order valence-electron chi connectivity index (χ1n) is 9.30. The second kappa shape index (κ2) is 8.24. The number of carboxylic acids is 1. The highest BCUT2D eigenvalue weighted by atomic mass is 19.4. The molecule has 174 valence electrons. The van der Waals surface area contributed by atoms with Gasteiger partial charge in [-0.25, -0.2) is 19.4 Å². The van der Waals surface area contributed by atoms with Crippen molar-refractivity contribution in [3.05, 3.63) is 72.1 Å². The van der Waals surface area contributed by atoms with Crippen LogP contribution in [-0.4, -0.2) is 35.8 Å². The number of halogens is 6. The summed E-state index contributed by atoms with van der Waals surface area (Å²) >= 11 is 0. The van der Waals surface area contributed by atoms with Crippen LogP contribution in [0.4, 0.5) is 26.3 Å². The summed E-state index contributed by atoms with van der Waals surface area (Å²) in [6, 6.07) is 7.32. The molecule has 7 nitrogen and oxygen atoms in total. The first-order valence-corrected chi connectivity index (χ1v) is 9.30. The molecule has 0 aliphatic carbocycles. The smallest absolute Gasteiger partial charge is 0.433 e. The number of aromatic nitrogens is 5. The Morgan fingerprint density at radius 1 is 1.00 bits per heavy atom. The van der Waals surface area contributed by atoms with Gasteiger partial charge < -0.3 is 5.11 Å². The Labute approximate surface area is 186 Å². The first kappa shape index (κ1) is 22.9. The highest BCUT2D eigenvalue weighted by molar-refractivity contribution is 6.22. The van der Waals surface area contributed by atoms with Gasteiger partial charge in [0.1, 0.15) is 17.7 Å². The van der Waals surface area contributed by atoms with Crippen molar-refractivity contribution in [3.8, 4) is 11.4 Å². The maximum atomic E-state index is 13.1. The number of rotatable bonds is 4. The number of aliphatic carboxylic acids is 1. The molecule has 0 unspecified atom stereocenters. The van der Waals surface area contributed by atoms with E-state index in [1.807, 2.05) is 0 Å². The fourth-order valence-electron chi connectivity index (χ4n) is 3.14. The third-order valence-corrected chi connectivity index (χ3v) is 4.64. The van der Waals surface area contributed by atoms with Crippen LogP contribution in [0.25, 0.3) is 33.9 Å². The minimum Gasteiger partial charge on any atom is -0.478 e. The predicted octanol–water partition coefficient (Wildman–Crippen LogP) is 5.01. The van der Waals surface area contributed by atoms with Crippen LogP contribution in [0, 0.1) is 0 Å². The van der Waals surface area contributed by atoms with E-state index in [-0.39, 0.29) is 11.1 Å². The Kier molecular flexibility index (Phi) is 5.55. The lowest BCUT2D eigenvalue weighted by atomic mass is 10.0. The Morgan fingerprint density at radius 2 is 1.68 bits per heavy atom. The Hall–Kier alpha value is -4.29. The summed E-state index contributed by atoms with van der Waals surface area (Å²) in [7, 11) is 0. The fourth-order valence-corrected chi connectivity index (χ4v) is 3.14. The van der Waals surface area contributed by atoms with Crippen LogP contribution in [0.1, 0.15) is 17.0 Å². The second-order valence-electron chi connectivity index (χ2n) is 6.92. The molecular formula is C21H11F6N5O2. The molecule has 1 aromatic carbocycles. The second-order valence-corrected chi connectivity index (χ2v) is 6.92. The number of fused-ring (bicyclic) bond motifs is 1. The molecule has 0 aliphatic rings. The van der Waals surface area contributed by atoms with E-state index in [4.69, 9.17) is 0 Å². The van der Waals surface area contributed by atoms with Gasteiger partial charge in [-0.05, 0) is 29.1 Å². The number of pyridine rings is 2. The third-order valence-electron chi connectivity index (χ3n) is 4.64. The third kappa shape index (κ3) is 4.58. The number of nitrogens with zero attached hydrogens (tertiary/aromatic N) is 5. The number of benzene rings is 1. The van der Waals surface area contributed by atoms with Crippen LogP contribution >= 0.6 is 0 Å². The van der Waals surface area contributed by atoms with Gasteiger partial charge in [0.15, 0.2) is 5.82 Å². The summed E-state index contributed by atoms with van der Waals surface area (Å²) in [5.41, 5.74) is -4.10. The molecule has 0 bridgehead atoms. The molecule has 0 amide bonds. The van der Waals surface area contributed by atoms with Crippen LogP contribution < -0.4 is 0 Å². The fraction of sp³-hybridized carbons (Fsp3) is 0.0952. The molecule has 0 spiro atoms. The average Bonchev–Trinajstić information content (AvgIpc) is 3.24. The molecule has 0 saturated heterocycles. The maximum absolute atomic E-state index is 13.1. The number of carboxylic acid groups (broad SMARTS) is 1. The van der Waals surface area contributed by atoms with Gasteiger partial charge in [0.25, 0.3) is 0 Å². The van der Waals surface area contributed by atoms with Crippen LogP contribution in [0.2, 0.25) is 0 Å². The van der Waals surface area contributed by atoms with Crippen molar-refractivity contribution in [2.45, 2.75) is 12.4 Å². The lowest BCUT2D eigenvalue weighted by molar-refractivity contribution is -0.150. The van der Waals surface area contributed by atoms with E-state index in [1.165, 1.54) is 18.5 Å². The highest BCUT2D eigenvalue weighted by Crippen LogP contribution is 2.35. The molecule has 34 heavy (non-hydrogen) atoms. The van der Waals surface area contributed by atoms with Gasteiger partial charge in [-0.3, -0.25) is 4.98 Å². The summed E-state index contributed by atoms with van der Waals surface area (Å²) in [6.45, 7) is 0. The van der Waals surface area contributed by atoms with Crippen molar-refractivity contribution < 1.29 is 36.2 Å². The number of alkyl halides is 6. The summed E-state index contributed by atoms with van der Waals surface area (Å²) in [4.78, 5) is 22.3. The predicted molar refractivity (Wildman–Crippen MR) is 107 cm³/mol. The van der Waals surface area contributed by atoms with Crippen molar-refractivity contribution >= 4 is 28.5 Å². The number of hydrogen-bond donors (Lipinski definition) is 1. The molecular weight excluding hydrogens is 468 g/mol. The average molecular weight is 479 g/mol. The Bertz CT molecular complexity index is 1390. The minimum absolute atomic E-state index is 0.253. The van der Waals surface area contributed by atoms with E-state index >= 15 is 0 Å². The Morgan fingerprint density at radius 3 is 2.29 bits per heavy atom. The van der Waals surface area contributed by atoms with Gasteiger partial charge in [0.05, 0.1) is 5.57 Å². The molecule has 4 rings (SSSR count). The lowest BCUT2D eigenvalue weighted by Crippen LogP contribution is -2.15. The van der Waals surface area contributed by atoms with Gasteiger partial charge >= 0.3 is 18.3 Å². The van der Waals surface area contributed by atoms with E-state index in [9.17, 15) is 36.2 Å². The van der Waals surface area contributed by atoms with E-state index in [1.54, 1.807) is 18.2 Å². The monoisotopic (exact) mass is 479 g/mol. The molecule has 1 N–H and O–H groups in total. The van der Waals surface area contributed by atoms with Gasteiger partial charge in [0.2, 0.25) is 0 Å². The van der Waals surface area contributed by atoms with Crippen molar-refractivity contribution in [1.29, 1.82) is 0 Å². The zero-order valence-electron chi connectivity index (χ0n) is 16.6. The number of hydrogen-bond acceptors (Lipinski definition) is 5. The topological polar surface area (TPSA) is 93.8 Å². The Balaban J connectivity index is 1.81. The lowest BCUT2D eigenvalue weighted by Gasteiger charge is -2.11. The highest BCUT2D eigenvalue weighted by Gasteiger charge is 2.39. The summed E-state index contributed by atoms with van der Waals surface area (Å²) in [6.07, 6.45) is -5.30. The normalized spacial score (nSPS) is 12.8. The molecule has 13 heteroatoms. The van der Waals surface area contributed by atoms with Crippen LogP contribution in [0.3, 0.4) is 0 Å². The van der Waals surface area contributed by atoms with E-state index < -0.39 is 41.1 Å². The van der Waals surface area contributed by atoms with Crippen molar-refractivity contribution in [2.75, 3.05) is 0 Å². The SMILES string of the molecule is O=C(O)/C(=C/n1cnc(-c2cc(C(F)(F)F)nc(C(F)(F)F)c2)n1)c1cccc2ccncc12. The summed E-state index contributed by atoms with van der Waals surface area (Å²) in [5.74, 6) is -1.84. The van der Waals surface area contributed by atoms with Crippen molar-refractivity contribution in [3.63, 3.8) is 0 Å². The van der Waals surface area contributed by atoms with E-state index in [0.29, 0.717) is 22.9 Å². The van der Waals surface area contributed by atoms with Gasteiger partial charge in [-0.2, -0.15) is 26.3 Å². The largest absolute Gasteiger partial charge is 0.478 e. The zero-order chi connectivity index (χ0) is 24.7. The van der Waals surface area contributed by atoms with Crippen molar-refractivity contribution in [1.82, 2.24) is 24.7 Å². The molecule has 3 aromatic heterocycles. The van der Waals surface area contributed by atoms with Crippen LogP contribution in [0.15, 0.2) is 55.1 Å². The van der Waals surface area contributed by atoms with Crippen LogP contribution in [0.5, 0.6) is 0 Å². The quantitative estimate of drug-likeness (QED) is 0.327. The van der Waals surface area contributed by atoms with Crippen molar-refractivity contribution in [2.24, 2.45) is 0 Å². The first-order chi connectivity index (χ1) is 15.9. The van der Waals surface area contributed by atoms with Gasteiger partial charge in [0, 0.05) is 29.5 Å². The van der Waals surface area contributed by atoms with Crippen LogP contribution in [-0.2, 0) is 17.1 Å².